The number of halogens is 1. The molecular formula is C16H21FN2. The fraction of sp³-hybridized carbons (Fsp3) is 0.500. The summed E-state index contributed by atoms with van der Waals surface area (Å²) in [5.41, 5.74) is 0.535. The zero-order chi connectivity index (χ0) is 13.3. The van der Waals surface area contributed by atoms with Crippen LogP contribution < -0.4 is 5.32 Å². The zero-order valence-corrected chi connectivity index (χ0v) is 11.4. The first-order chi connectivity index (χ1) is 9.17. The van der Waals surface area contributed by atoms with E-state index in [-0.39, 0.29) is 0 Å². The summed E-state index contributed by atoms with van der Waals surface area (Å²) < 4.78 is 15.2. The molecule has 0 saturated carbocycles. The third-order valence-electron chi connectivity index (χ3n) is 4.20. The summed E-state index contributed by atoms with van der Waals surface area (Å²) in [5.74, 6) is 0. The number of fused-ring (bicyclic) bond motifs is 1. The molecule has 3 heteroatoms. The highest BCUT2D eigenvalue weighted by atomic mass is 19.1. The number of hydrogen-bond donors (Lipinski definition) is 2. The number of aromatic amines is 1. The molecule has 0 bridgehead atoms. The first-order valence-corrected chi connectivity index (χ1v) is 7.16. The predicted octanol–water partition coefficient (Wildman–Crippen LogP) is 3.88. The number of benzene rings is 1. The van der Waals surface area contributed by atoms with Crippen molar-refractivity contribution >= 4 is 10.9 Å². The lowest BCUT2D eigenvalue weighted by Gasteiger charge is -2.30. The molecule has 1 saturated heterocycles. The Bertz CT molecular complexity index is 553. The van der Waals surface area contributed by atoms with Gasteiger partial charge in [0.25, 0.3) is 0 Å². The first-order valence-electron chi connectivity index (χ1n) is 7.16. The summed E-state index contributed by atoms with van der Waals surface area (Å²) in [5, 5.41) is 4.44. The Morgan fingerprint density at radius 1 is 1.32 bits per heavy atom. The Hall–Kier alpha value is -1.35. The van der Waals surface area contributed by atoms with Crippen LogP contribution in [0.2, 0.25) is 0 Å². The summed E-state index contributed by atoms with van der Waals surface area (Å²) in [7, 11) is 0. The van der Waals surface area contributed by atoms with Gasteiger partial charge in [-0.25, -0.2) is 4.39 Å². The molecule has 0 aliphatic carbocycles. The van der Waals surface area contributed by atoms with Gasteiger partial charge in [-0.1, -0.05) is 18.6 Å². The highest BCUT2D eigenvalue weighted by Gasteiger charge is 2.31. The molecule has 1 aliphatic heterocycles. The predicted molar refractivity (Wildman–Crippen MR) is 77.0 cm³/mol. The van der Waals surface area contributed by atoms with Crippen molar-refractivity contribution in [2.45, 2.75) is 44.3 Å². The van der Waals surface area contributed by atoms with Crippen LogP contribution in [0.4, 0.5) is 4.39 Å². The SMILES string of the molecule is CC(F)(CC1CCCCN1)c1cccc2[nH]ccc12. The standard InChI is InChI=1S/C16H21FN2/c1-16(17,11-12-5-2-3-9-18-12)14-6-4-7-15-13(14)8-10-19-15/h4,6-8,10,12,18-19H,2-3,5,9,11H2,1H3. The van der Waals surface area contributed by atoms with Gasteiger partial charge in [0.1, 0.15) is 5.67 Å². The summed E-state index contributed by atoms with van der Waals surface area (Å²) in [6, 6.07) is 8.11. The summed E-state index contributed by atoms with van der Waals surface area (Å²) in [4.78, 5) is 3.15. The molecule has 1 aromatic carbocycles. The molecule has 1 fully saturated rings. The third-order valence-corrected chi connectivity index (χ3v) is 4.20. The van der Waals surface area contributed by atoms with E-state index in [0.29, 0.717) is 12.5 Å². The average Bonchev–Trinajstić information content (AvgIpc) is 2.87. The van der Waals surface area contributed by atoms with Crippen LogP contribution in [0.3, 0.4) is 0 Å². The monoisotopic (exact) mass is 260 g/mol. The van der Waals surface area contributed by atoms with Gasteiger partial charge in [-0.3, -0.25) is 0 Å². The average molecular weight is 260 g/mol. The van der Waals surface area contributed by atoms with Crippen LogP contribution in [0, 0.1) is 0 Å². The van der Waals surface area contributed by atoms with E-state index in [0.717, 1.165) is 29.4 Å². The Balaban J connectivity index is 1.88. The van der Waals surface area contributed by atoms with E-state index < -0.39 is 5.67 Å². The van der Waals surface area contributed by atoms with Gasteiger partial charge in [0, 0.05) is 29.6 Å². The molecular weight excluding hydrogens is 239 g/mol. The molecule has 0 amide bonds. The molecule has 102 valence electrons. The van der Waals surface area contributed by atoms with E-state index in [1.54, 1.807) is 6.92 Å². The number of aromatic nitrogens is 1. The quantitative estimate of drug-likeness (QED) is 0.861. The van der Waals surface area contributed by atoms with E-state index in [1.165, 1.54) is 12.8 Å². The molecule has 1 aliphatic rings. The first kappa shape index (κ1) is 12.7. The molecule has 1 aromatic heterocycles. The summed E-state index contributed by atoms with van der Waals surface area (Å²) in [6.07, 6.45) is 5.94. The molecule has 2 N–H and O–H groups in total. The van der Waals surface area contributed by atoms with Crippen molar-refractivity contribution < 1.29 is 4.39 Å². The lowest BCUT2D eigenvalue weighted by Crippen LogP contribution is -2.38. The van der Waals surface area contributed by atoms with Crippen LogP contribution in [0.5, 0.6) is 0 Å². The molecule has 0 spiro atoms. The molecule has 19 heavy (non-hydrogen) atoms. The Morgan fingerprint density at radius 3 is 3.00 bits per heavy atom. The lowest BCUT2D eigenvalue weighted by molar-refractivity contribution is 0.148. The van der Waals surface area contributed by atoms with Gasteiger partial charge in [-0.15, -0.1) is 0 Å². The summed E-state index contributed by atoms with van der Waals surface area (Å²) >= 11 is 0. The number of hydrogen-bond acceptors (Lipinski definition) is 1. The second-order valence-corrected chi connectivity index (χ2v) is 5.79. The van der Waals surface area contributed by atoms with Crippen molar-refractivity contribution in [2.75, 3.05) is 6.54 Å². The van der Waals surface area contributed by atoms with Gasteiger partial charge >= 0.3 is 0 Å². The van der Waals surface area contributed by atoms with Gasteiger partial charge in [0.2, 0.25) is 0 Å². The fourth-order valence-electron chi connectivity index (χ4n) is 3.21. The fourth-order valence-corrected chi connectivity index (χ4v) is 3.21. The Labute approximate surface area is 113 Å². The minimum atomic E-state index is -1.28. The second-order valence-electron chi connectivity index (χ2n) is 5.79. The van der Waals surface area contributed by atoms with Gasteiger partial charge in [0.15, 0.2) is 0 Å². The van der Waals surface area contributed by atoms with E-state index in [9.17, 15) is 0 Å². The van der Waals surface area contributed by atoms with Crippen molar-refractivity contribution in [1.82, 2.24) is 10.3 Å². The highest BCUT2D eigenvalue weighted by Crippen LogP contribution is 2.36. The topological polar surface area (TPSA) is 27.8 Å². The van der Waals surface area contributed by atoms with Crippen LogP contribution in [0.1, 0.15) is 38.2 Å². The lowest BCUT2D eigenvalue weighted by atomic mass is 9.86. The van der Waals surface area contributed by atoms with E-state index in [4.69, 9.17) is 0 Å². The van der Waals surface area contributed by atoms with Crippen LogP contribution in [0.15, 0.2) is 30.5 Å². The van der Waals surface area contributed by atoms with Gasteiger partial charge in [-0.05, 0) is 44.0 Å². The van der Waals surface area contributed by atoms with Gasteiger partial charge in [-0.2, -0.15) is 0 Å². The minimum absolute atomic E-state index is 0.304. The largest absolute Gasteiger partial charge is 0.361 e. The molecule has 2 nitrogen and oxygen atoms in total. The van der Waals surface area contributed by atoms with Gasteiger partial charge in [0.05, 0.1) is 0 Å². The molecule has 2 unspecified atom stereocenters. The highest BCUT2D eigenvalue weighted by molar-refractivity contribution is 5.83. The maximum Gasteiger partial charge on any atom is 0.135 e. The van der Waals surface area contributed by atoms with Crippen molar-refractivity contribution in [1.29, 1.82) is 0 Å². The third kappa shape index (κ3) is 2.52. The molecule has 2 atom stereocenters. The van der Waals surface area contributed by atoms with Crippen LogP contribution >= 0.6 is 0 Å². The maximum atomic E-state index is 15.2. The smallest absolute Gasteiger partial charge is 0.135 e. The Morgan fingerprint density at radius 2 is 2.21 bits per heavy atom. The van der Waals surface area contributed by atoms with Crippen molar-refractivity contribution in [2.24, 2.45) is 0 Å². The van der Waals surface area contributed by atoms with Crippen LogP contribution in [0.25, 0.3) is 10.9 Å². The van der Waals surface area contributed by atoms with Crippen molar-refractivity contribution in [3.05, 3.63) is 36.0 Å². The Kier molecular flexibility index (Phi) is 3.31. The normalized spacial score (nSPS) is 23.4. The van der Waals surface area contributed by atoms with Crippen LogP contribution in [-0.2, 0) is 5.67 Å². The molecule has 2 heterocycles. The minimum Gasteiger partial charge on any atom is -0.361 e. The molecule has 3 rings (SSSR count). The van der Waals surface area contributed by atoms with E-state index in [1.807, 2.05) is 30.5 Å². The number of piperidine rings is 1. The summed E-state index contributed by atoms with van der Waals surface area (Å²) in [6.45, 7) is 2.74. The van der Waals surface area contributed by atoms with Crippen molar-refractivity contribution in [3.63, 3.8) is 0 Å². The molecule has 0 radical (unpaired) electrons. The second kappa shape index (κ2) is 4.97. The number of nitrogens with one attached hydrogen (secondary N) is 2. The van der Waals surface area contributed by atoms with Gasteiger partial charge < -0.3 is 10.3 Å². The van der Waals surface area contributed by atoms with E-state index in [2.05, 4.69) is 10.3 Å². The van der Waals surface area contributed by atoms with E-state index >= 15 is 4.39 Å². The number of alkyl halides is 1. The maximum absolute atomic E-state index is 15.2. The van der Waals surface area contributed by atoms with Crippen molar-refractivity contribution in [3.8, 4) is 0 Å². The number of rotatable bonds is 3. The number of H-pyrrole nitrogens is 1. The van der Waals surface area contributed by atoms with Crippen LogP contribution in [-0.4, -0.2) is 17.6 Å². The molecule has 2 aromatic rings. The zero-order valence-electron chi connectivity index (χ0n) is 11.4.